The molecule has 23 heavy (non-hydrogen) atoms. The minimum Gasteiger partial charge on any atom is -0.479 e. The van der Waals surface area contributed by atoms with Crippen molar-refractivity contribution in [3.8, 4) is 5.75 Å². The first-order chi connectivity index (χ1) is 11.1. The van der Waals surface area contributed by atoms with E-state index in [1.54, 1.807) is 30.3 Å². The van der Waals surface area contributed by atoms with Crippen LogP contribution in [0.3, 0.4) is 0 Å². The Kier molecular flexibility index (Phi) is 5.68. The third-order valence-corrected chi connectivity index (χ3v) is 2.90. The highest BCUT2D eigenvalue weighted by atomic mass is 19.1. The average molecular weight is 317 g/mol. The number of ether oxygens (including phenoxy) is 2. The summed E-state index contributed by atoms with van der Waals surface area (Å²) >= 11 is 0. The average Bonchev–Trinajstić information content (AvgIpc) is 2.55. The summed E-state index contributed by atoms with van der Waals surface area (Å²) in [5.74, 6) is -1.85. The highest BCUT2D eigenvalue weighted by Crippen LogP contribution is 2.15. The molecule has 0 unspecified atom stereocenters. The van der Waals surface area contributed by atoms with E-state index in [0.717, 1.165) is 0 Å². The first-order valence-electron chi connectivity index (χ1n) is 6.99. The van der Waals surface area contributed by atoms with Gasteiger partial charge in [0.25, 0.3) is 5.91 Å². The number of nitrogens with one attached hydrogen (secondary N) is 1. The van der Waals surface area contributed by atoms with E-state index >= 15 is 0 Å². The second-order valence-electron chi connectivity index (χ2n) is 4.71. The summed E-state index contributed by atoms with van der Waals surface area (Å²) in [6.07, 6.45) is -0.994. The van der Waals surface area contributed by atoms with Crippen molar-refractivity contribution in [1.82, 2.24) is 0 Å². The predicted molar refractivity (Wildman–Crippen MR) is 82.5 cm³/mol. The Balaban J connectivity index is 1.80. The summed E-state index contributed by atoms with van der Waals surface area (Å²) in [4.78, 5) is 23.5. The summed E-state index contributed by atoms with van der Waals surface area (Å²) < 4.78 is 23.3. The van der Waals surface area contributed by atoms with Crippen LogP contribution in [0.1, 0.15) is 6.92 Å². The Labute approximate surface area is 133 Å². The van der Waals surface area contributed by atoms with Gasteiger partial charge >= 0.3 is 5.97 Å². The molecule has 120 valence electrons. The quantitative estimate of drug-likeness (QED) is 0.832. The van der Waals surface area contributed by atoms with Crippen LogP contribution in [0.2, 0.25) is 0 Å². The fourth-order valence-corrected chi connectivity index (χ4v) is 1.75. The maximum Gasteiger partial charge on any atom is 0.344 e. The topological polar surface area (TPSA) is 64.6 Å². The molecule has 5 nitrogen and oxygen atoms in total. The fourth-order valence-electron chi connectivity index (χ4n) is 1.75. The lowest BCUT2D eigenvalue weighted by Gasteiger charge is -2.14. The second kappa shape index (κ2) is 7.93. The summed E-state index contributed by atoms with van der Waals surface area (Å²) in [5, 5.41) is 2.61. The largest absolute Gasteiger partial charge is 0.479 e. The number of rotatable bonds is 6. The van der Waals surface area contributed by atoms with E-state index < -0.39 is 30.4 Å². The normalized spacial score (nSPS) is 11.4. The van der Waals surface area contributed by atoms with E-state index in [9.17, 15) is 14.0 Å². The van der Waals surface area contributed by atoms with E-state index in [1.165, 1.54) is 25.1 Å². The standard InChI is InChI=1S/C17H16FNO4/c1-12(17(21)19-13-7-3-2-4-8-13)23-16(20)11-22-15-10-6-5-9-14(15)18/h2-10,12H,11H2,1H3,(H,19,21)/t12-/m1/s1. The number of amides is 1. The van der Waals surface area contributed by atoms with Crippen LogP contribution in [0, 0.1) is 5.82 Å². The van der Waals surface area contributed by atoms with Crippen molar-refractivity contribution in [2.45, 2.75) is 13.0 Å². The molecule has 2 aromatic rings. The van der Waals surface area contributed by atoms with Gasteiger partial charge < -0.3 is 14.8 Å². The van der Waals surface area contributed by atoms with Gasteiger partial charge in [-0.15, -0.1) is 0 Å². The molecule has 0 saturated carbocycles. The Morgan fingerprint density at radius 1 is 1.09 bits per heavy atom. The summed E-state index contributed by atoms with van der Waals surface area (Å²) in [6, 6.07) is 14.5. The van der Waals surface area contributed by atoms with Gasteiger partial charge in [-0.25, -0.2) is 9.18 Å². The molecule has 0 aromatic heterocycles. The van der Waals surface area contributed by atoms with Crippen molar-refractivity contribution in [2.75, 3.05) is 11.9 Å². The second-order valence-corrected chi connectivity index (χ2v) is 4.71. The van der Waals surface area contributed by atoms with Gasteiger partial charge in [0.05, 0.1) is 0 Å². The van der Waals surface area contributed by atoms with Crippen LogP contribution >= 0.6 is 0 Å². The summed E-state index contributed by atoms with van der Waals surface area (Å²) in [7, 11) is 0. The first kappa shape index (κ1) is 16.5. The number of benzene rings is 2. The van der Waals surface area contributed by atoms with Crippen LogP contribution in [0.25, 0.3) is 0 Å². The number of halogens is 1. The van der Waals surface area contributed by atoms with Crippen molar-refractivity contribution in [3.05, 3.63) is 60.4 Å². The van der Waals surface area contributed by atoms with Crippen LogP contribution < -0.4 is 10.1 Å². The van der Waals surface area contributed by atoms with E-state index in [-0.39, 0.29) is 5.75 Å². The zero-order valence-electron chi connectivity index (χ0n) is 12.5. The number of hydrogen-bond donors (Lipinski definition) is 1. The molecule has 0 aliphatic carbocycles. The fraction of sp³-hybridized carbons (Fsp3) is 0.176. The van der Waals surface area contributed by atoms with E-state index in [1.807, 2.05) is 6.07 Å². The van der Waals surface area contributed by atoms with Crippen LogP contribution in [-0.2, 0) is 14.3 Å². The van der Waals surface area contributed by atoms with Crippen LogP contribution in [0.4, 0.5) is 10.1 Å². The number of carbonyl (C=O) groups excluding carboxylic acids is 2. The smallest absolute Gasteiger partial charge is 0.344 e. The highest BCUT2D eigenvalue weighted by Gasteiger charge is 2.18. The molecule has 1 amide bonds. The Morgan fingerprint density at radius 2 is 1.74 bits per heavy atom. The number of esters is 1. The van der Waals surface area contributed by atoms with Gasteiger partial charge in [-0.3, -0.25) is 4.79 Å². The zero-order chi connectivity index (χ0) is 16.7. The molecule has 0 bridgehead atoms. The molecular weight excluding hydrogens is 301 g/mol. The predicted octanol–water partition coefficient (Wildman–Crippen LogP) is 2.77. The summed E-state index contributed by atoms with van der Waals surface area (Å²) in [6.45, 7) is 0.961. The third kappa shape index (κ3) is 5.10. The molecule has 0 fully saturated rings. The highest BCUT2D eigenvalue weighted by molar-refractivity contribution is 5.95. The molecule has 2 aromatic carbocycles. The Bertz CT molecular complexity index is 675. The minimum atomic E-state index is -0.994. The number of para-hydroxylation sites is 2. The molecule has 1 N–H and O–H groups in total. The van der Waals surface area contributed by atoms with Gasteiger partial charge in [0, 0.05) is 5.69 Å². The van der Waals surface area contributed by atoms with Gasteiger partial charge in [0.15, 0.2) is 24.3 Å². The van der Waals surface area contributed by atoms with Crippen LogP contribution in [-0.4, -0.2) is 24.6 Å². The first-order valence-corrected chi connectivity index (χ1v) is 6.99. The monoisotopic (exact) mass is 317 g/mol. The molecule has 0 heterocycles. The van der Waals surface area contributed by atoms with E-state index in [4.69, 9.17) is 9.47 Å². The summed E-state index contributed by atoms with van der Waals surface area (Å²) in [5.41, 5.74) is 0.600. The molecule has 0 radical (unpaired) electrons. The molecule has 2 rings (SSSR count). The van der Waals surface area contributed by atoms with Crippen molar-refractivity contribution >= 4 is 17.6 Å². The Hall–Kier alpha value is -2.89. The number of hydrogen-bond acceptors (Lipinski definition) is 4. The SMILES string of the molecule is C[C@@H](OC(=O)COc1ccccc1F)C(=O)Nc1ccccc1. The van der Waals surface area contributed by atoms with Crippen molar-refractivity contribution < 1.29 is 23.5 Å². The third-order valence-electron chi connectivity index (χ3n) is 2.90. The van der Waals surface area contributed by atoms with Crippen molar-refractivity contribution in [2.24, 2.45) is 0 Å². The molecule has 0 aliphatic rings. The van der Waals surface area contributed by atoms with Gasteiger partial charge in [0.2, 0.25) is 0 Å². The number of anilines is 1. The molecule has 1 atom stereocenters. The molecular formula is C17H16FNO4. The maximum absolute atomic E-state index is 13.3. The molecule has 0 saturated heterocycles. The lowest BCUT2D eigenvalue weighted by Crippen LogP contribution is -2.31. The van der Waals surface area contributed by atoms with Gasteiger partial charge in [0.1, 0.15) is 0 Å². The Morgan fingerprint density at radius 3 is 2.43 bits per heavy atom. The van der Waals surface area contributed by atoms with Gasteiger partial charge in [-0.05, 0) is 31.2 Å². The lowest BCUT2D eigenvalue weighted by molar-refractivity contribution is -0.155. The lowest BCUT2D eigenvalue weighted by atomic mass is 10.3. The number of carbonyl (C=O) groups is 2. The van der Waals surface area contributed by atoms with Crippen LogP contribution in [0.15, 0.2) is 54.6 Å². The maximum atomic E-state index is 13.3. The van der Waals surface area contributed by atoms with Crippen molar-refractivity contribution in [1.29, 1.82) is 0 Å². The molecule has 6 heteroatoms. The van der Waals surface area contributed by atoms with Gasteiger partial charge in [-0.1, -0.05) is 30.3 Å². The van der Waals surface area contributed by atoms with E-state index in [0.29, 0.717) is 5.69 Å². The van der Waals surface area contributed by atoms with E-state index in [2.05, 4.69) is 5.32 Å². The minimum absolute atomic E-state index is 0.0501. The molecule has 0 spiro atoms. The zero-order valence-corrected chi connectivity index (χ0v) is 12.5. The van der Waals surface area contributed by atoms with Crippen LogP contribution in [0.5, 0.6) is 5.75 Å². The van der Waals surface area contributed by atoms with Gasteiger partial charge in [-0.2, -0.15) is 0 Å². The van der Waals surface area contributed by atoms with Crippen molar-refractivity contribution in [3.63, 3.8) is 0 Å². The molecule has 0 aliphatic heterocycles.